The van der Waals surface area contributed by atoms with Crippen LogP contribution in [0.1, 0.15) is 36.3 Å². The number of hydrogen-bond acceptors (Lipinski definition) is 3. The highest BCUT2D eigenvalue weighted by atomic mass is 79.9. The zero-order chi connectivity index (χ0) is 23.6. The van der Waals surface area contributed by atoms with Crippen LogP contribution >= 0.6 is 15.9 Å². The Labute approximate surface area is 189 Å². The first-order chi connectivity index (χ1) is 15.0. The lowest BCUT2D eigenvalue weighted by Crippen LogP contribution is -2.40. The Morgan fingerprint density at radius 1 is 1.06 bits per heavy atom. The molecule has 0 aliphatic heterocycles. The molecule has 0 spiro atoms. The molecule has 2 aromatic carbocycles. The van der Waals surface area contributed by atoms with Crippen LogP contribution in [-0.2, 0) is 20.5 Å². The molecule has 1 fully saturated rings. The summed E-state index contributed by atoms with van der Waals surface area (Å²) in [6.07, 6.45) is -3.41. The lowest BCUT2D eigenvalue weighted by atomic mass is 9.69. The van der Waals surface area contributed by atoms with Gasteiger partial charge in [-0.2, -0.15) is 13.2 Å². The number of nitrogens with one attached hydrogen (secondary N) is 1. The summed E-state index contributed by atoms with van der Waals surface area (Å²) in [6.45, 7) is 0. The van der Waals surface area contributed by atoms with E-state index < -0.39 is 58.7 Å². The summed E-state index contributed by atoms with van der Waals surface area (Å²) in [5.41, 5.74) is -1.10. The standard InChI is InChI=1S/C22H19BrF5NO3/c1-32-21(31)19-13(11-5-7-15(23)16(24)9-11)3-2-4-14(19)20(30)29-18-8-6-12(10-17(18)25)22(26,27)28/h5-10,13-14,19H,2-4H2,1H3,(H,29,30)/t13-,14-,19-/m1/s1. The average molecular weight is 520 g/mol. The van der Waals surface area contributed by atoms with Gasteiger partial charge in [-0.15, -0.1) is 0 Å². The van der Waals surface area contributed by atoms with Crippen molar-refractivity contribution in [3.05, 3.63) is 63.6 Å². The van der Waals surface area contributed by atoms with E-state index in [4.69, 9.17) is 4.74 Å². The Kier molecular flexibility index (Phi) is 7.22. The third-order valence-corrected chi connectivity index (χ3v) is 6.28. The fraction of sp³-hybridized carbons (Fsp3) is 0.364. The predicted octanol–water partition coefficient (Wildman–Crippen LogP) is 6.06. The summed E-state index contributed by atoms with van der Waals surface area (Å²) in [7, 11) is 1.17. The number of anilines is 1. The Morgan fingerprint density at radius 2 is 1.78 bits per heavy atom. The lowest BCUT2D eigenvalue weighted by Gasteiger charge is -2.36. The lowest BCUT2D eigenvalue weighted by molar-refractivity contribution is -0.152. The molecule has 3 rings (SSSR count). The van der Waals surface area contributed by atoms with Crippen molar-refractivity contribution in [2.45, 2.75) is 31.4 Å². The Hall–Kier alpha value is -2.49. The monoisotopic (exact) mass is 519 g/mol. The molecule has 1 amide bonds. The van der Waals surface area contributed by atoms with E-state index in [9.17, 15) is 31.5 Å². The quantitative estimate of drug-likeness (QED) is 0.394. The van der Waals surface area contributed by atoms with Gasteiger partial charge in [-0.3, -0.25) is 9.59 Å². The smallest absolute Gasteiger partial charge is 0.416 e. The molecule has 0 radical (unpaired) electrons. The van der Waals surface area contributed by atoms with Crippen LogP contribution in [0.3, 0.4) is 0 Å². The van der Waals surface area contributed by atoms with Crippen LogP contribution in [-0.4, -0.2) is 19.0 Å². The summed E-state index contributed by atoms with van der Waals surface area (Å²) in [5.74, 6) is -5.59. The van der Waals surface area contributed by atoms with E-state index in [1.165, 1.54) is 19.2 Å². The Bertz CT molecular complexity index is 1030. The molecule has 0 heterocycles. The van der Waals surface area contributed by atoms with Gasteiger partial charge in [-0.05, 0) is 70.6 Å². The first-order valence-corrected chi connectivity index (χ1v) is 10.5. The van der Waals surface area contributed by atoms with Crippen LogP contribution in [0, 0.1) is 23.5 Å². The van der Waals surface area contributed by atoms with Crippen LogP contribution in [0.15, 0.2) is 40.9 Å². The molecule has 1 aliphatic rings. The maximum Gasteiger partial charge on any atom is 0.416 e. The highest BCUT2D eigenvalue weighted by Gasteiger charge is 2.43. The molecule has 0 aromatic heterocycles. The van der Waals surface area contributed by atoms with Crippen molar-refractivity contribution in [1.82, 2.24) is 0 Å². The van der Waals surface area contributed by atoms with Crippen molar-refractivity contribution in [2.24, 2.45) is 11.8 Å². The zero-order valence-electron chi connectivity index (χ0n) is 16.8. The minimum absolute atomic E-state index is 0.249. The van der Waals surface area contributed by atoms with Crippen molar-refractivity contribution >= 4 is 33.5 Å². The molecule has 1 saturated carbocycles. The first kappa shape index (κ1) is 24.2. The minimum atomic E-state index is -4.73. The fourth-order valence-electron chi connectivity index (χ4n) is 4.09. The summed E-state index contributed by atoms with van der Waals surface area (Å²) in [4.78, 5) is 25.5. The summed E-state index contributed by atoms with van der Waals surface area (Å²) in [5, 5.41) is 2.29. The number of carbonyl (C=O) groups is 2. The van der Waals surface area contributed by atoms with E-state index in [0.717, 1.165) is 6.07 Å². The number of methoxy groups -OCH3 is 1. The second-order valence-corrected chi connectivity index (χ2v) is 8.40. The van der Waals surface area contributed by atoms with Crippen LogP contribution in [0.25, 0.3) is 0 Å². The highest BCUT2D eigenvalue weighted by Crippen LogP contribution is 2.43. The predicted molar refractivity (Wildman–Crippen MR) is 110 cm³/mol. The van der Waals surface area contributed by atoms with Crippen molar-refractivity contribution in [1.29, 1.82) is 0 Å². The SMILES string of the molecule is COC(=O)[C@@H]1[C@@H](c2ccc(Br)c(F)c2)CCC[C@H]1C(=O)Nc1ccc(C(F)(F)F)cc1F. The molecule has 1 aliphatic carbocycles. The summed E-state index contributed by atoms with van der Waals surface area (Å²) >= 11 is 3.07. The van der Waals surface area contributed by atoms with Crippen molar-refractivity contribution in [3.63, 3.8) is 0 Å². The maximum atomic E-state index is 14.2. The highest BCUT2D eigenvalue weighted by molar-refractivity contribution is 9.10. The molecular weight excluding hydrogens is 501 g/mol. The summed E-state index contributed by atoms with van der Waals surface area (Å²) < 4.78 is 71.7. The topological polar surface area (TPSA) is 55.4 Å². The molecule has 10 heteroatoms. The third kappa shape index (κ3) is 5.11. The summed E-state index contributed by atoms with van der Waals surface area (Å²) in [6, 6.07) is 6.20. The van der Waals surface area contributed by atoms with Crippen LogP contribution in [0.4, 0.5) is 27.6 Å². The number of hydrogen-bond donors (Lipinski definition) is 1. The number of halogens is 6. The van der Waals surface area contributed by atoms with Gasteiger partial charge < -0.3 is 10.1 Å². The van der Waals surface area contributed by atoms with Gasteiger partial charge in [0.1, 0.15) is 11.6 Å². The maximum absolute atomic E-state index is 14.2. The Morgan fingerprint density at radius 3 is 2.38 bits per heavy atom. The number of rotatable bonds is 4. The fourth-order valence-corrected chi connectivity index (χ4v) is 4.34. The van der Waals surface area contributed by atoms with Gasteiger partial charge in [0.05, 0.1) is 34.7 Å². The van der Waals surface area contributed by atoms with Crippen LogP contribution in [0.2, 0.25) is 0 Å². The number of alkyl halides is 3. The van der Waals surface area contributed by atoms with Gasteiger partial charge in [0.15, 0.2) is 0 Å². The van der Waals surface area contributed by atoms with Crippen molar-refractivity contribution in [2.75, 3.05) is 12.4 Å². The van der Waals surface area contributed by atoms with E-state index in [-0.39, 0.29) is 10.9 Å². The first-order valence-electron chi connectivity index (χ1n) is 9.73. The minimum Gasteiger partial charge on any atom is -0.469 e. The van der Waals surface area contributed by atoms with Crippen LogP contribution in [0.5, 0.6) is 0 Å². The molecule has 0 saturated heterocycles. The molecule has 1 N–H and O–H groups in total. The second kappa shape index (κ2) is 9.56. The molecule has 4 nitrogen and oxygen atoms in total. The average Bonchev–Trinajstić information content (AvgIpc) is 2.75. The molecule has 2 aromatic rings. The number of benzene rings is 2. The van der Waals surface area contributed by atoms with E-state index in [1.54, 1.807) is 6.07 Å². The molecule has 0 unspecified atom stereocenters. The van der Waals surface area contributed by atoms with E-state index in [1.807, 2.05) is 0 Å². The number of esters is 1. The third-order valence-electron chi connectivity index (χ3n) is 5.63. The second-order valence-electron chi connectivity index (χ2n) is 7.55. The van der Waals surface area contributed by atoms with Gasteiger partial charge in [-0.1, -0.05) is 12.5 Å². The van der Waals surface area contributed by atoms with Gasteiger partial charge in [-0.25, -0.2) is 8.78 Å². The molecule has 0 bridgehead atoms. The molecule has 172 valence electrons. The van der Waals surface area contributed by atoms with Gasteiger partial charge in [0.25, 0.3) is 0 Å². The van der Waals surface area contributed by atoms with E-state index >= 15 is 0 Å². The zero-order valence-corrected chi connectivity index (χ0v) is 18.4. The number of ether oxygens (including phenoxy) is 1. The number of carbonyl (C=O) groups excluding carboxylic acids is 2. The Balaban J connectivity index is 1.88. The van der Waals surface area contributed by atoms with Crippen molar-refractivity contribution in [3.8, 4) is 0 Å². The van der Waals surface area contributed by atoms with Gasteiger partial charge in [0, 0.05) is 0 Å². The molecular formula is C22H19BrF5NO3. The number of amides is 1. The normalized spacial score (nSPS) is 21.2. The largest absolute Gasteiger partial charge is 0.469 e. The van der Waals surface area contributed by atoms with E-state index in [2.05, 4.69) is 21.2 Å². The molecule has 32 heavy (non-hydrogen) atoms. The van der Waals surface area contributed by atoms with E-state index in [0.29, 0.717) is 30.5 Å². The van der Waals surface area contributed by atoms with Gasteiger partial charge >= 0.3 is 12.1 Å². The van der Waals surface area contributed by atoms with Gasteiger partial charge in [0.2, 0.25) is 5.91 Å². The van der Waals surface area contributed by atoms with Crippen molar-refractivity contribution < 1.29 is 36.3 Å². The molecule has 3 atom stereocenters. The van der Waals surface area contributed by atoms with Crippen LogP contribution < -0.4 is 5.32 Å².